The predicted octanol–water partition coefficient (Wildman–Crippen LogP) is 1.91. The SMILES string of the molecule is C=C(C)C(=O)OCCNC(=O)CC(OO)C(C)(C)CC. The number of nitrogens with one attached hydrogen (secondary N) is 1. The Morgan fingerprint density at radius 1 is 1.40 bits per heavy atom. The van der Waals surface area contributed by atoms with Crippen LogP contribution in [0.5, 0.6) is 0 Å². The molecule has 6 nitrogen and oxygen atoms in total. The Labute approximate surface area is 120 Å². The molecule has 0 saturated carbocycles. The Hall–Kier alpha value is -1.40. The molecular weight excluding hydrogens is 262 g/mol. The highest BCUT2D eigenvalue weighted by molar-refractivity contribution is 5.86. The van der Waals surface area contributed by atoms with E-state index in [9.17, 15) is 9.59 Å². The van der Waals surface area contributed by atoms with E-state index in [2.05, 4.69) is 16.8 Å². The first-order chi connectivity index (χ1) is 9.24. The van der Waals surface area contributed by atoms with E-state index >= 15 is 0 Å². The van der Waals surface area contributed by atoms with Crippen molar-refractivity contribution in [3.63, 3.8) is 0 Å². The Morgan fingerprint density at radius 2 is 2.00 bits per heavy atom. The van der Waals surface area contributed by atoms with Crippen LogP contribution < -0.4 is 5.32 Å². The summed E-state index contributed by atoms with van der Waals surface area (Å²) in [5, 5.41) is 11.5. The molecule has 0 aromatic heterocycles. The van der Waals surface area contributed by atoms with Gasteiger partial charge in [-0.3, -0.25) is 10.1 Å². The van der Waals surface area contributed by atoms with Gasteiger partial charge in [0.05, 0.1) is 13.0 Å². The van der Waals surface area contributed by atoms with Gasteiger partial charge in [-0.25, -0.2) is 9.68 Å². The Bertz CT molecular complexity index is 351. The summed E-state index contributed by atoms with van der Waals surface area (Å²) in [5.41, 5.74) is 0.00756. The van der Waals surface area contributed by atoms with Crippen molar-refractivity contribution >= 4 is 11.9 Å². The van der Waals surface area contributed by atoms with Gasteiger partial charge in [0, 0.05) is 5.57 Å². The molecule has 0 spiro atoms. The molecule has 0 aromatic rings. The Balaban J connectivity index is 4.05. The number of hydrogen-bond acceptors (Lipinski definition) is 5. The van der Waals surface area contributed by atoms with Crippen LogP contribution in [0.3, 0.4) is 0 Å². The number of amides is 1. The maximum absolute atomic E-state index is 11.7. The highest BCUT2D eigenvalue weighted by Gasteiger charge is 2.31. The molecule has 0 heterocycles. The second kappa shape index (κ2) is 8.71. The maximum atomic E-state index is 11.7. The van der Waals surface area contributed by atoms with Crippen molar-refractivity contribution < 1.29 is 24.5 Å². The molecule has 0 rings (SSSR count). The first kappa shape index (κ1) is 18.6. The minimum Gasteiger partial charge on any atom is -0.460 e. The molecular formula is C14H25NO5. The van der Waals surface area contributed by atoms with Crippen LogP contribution in [0.4, 0.5) is 0 Å². The van der Waals surface area contributed by atoms with E-state index in [-0.39, 0.29) is 30.9 Å². The average molecular weight is 287 g/mol. The molecule has 1 unspecified atom stereocenters. The van der Waals surface area contributed by atoms with Crippen LogP contribution >= 0.6 is 0 Å². The molecule has 1 atom stereocenters. The lowest BCUT2D eigenvalue weighted by Crippen LogP contribution is -2.37. The fourth-order valence-electron chi connectivity index (χ4n) is 1.38. The number of hydrogen-bond donors (Lipinski definition) is 2. The lowest BCUT2D eigenvalue weighted by Gasteiger charge is -2.30. The van der Waals surface area contributed by atoms with Gasteiger partial charge in [-0.05, 0) is 18.8 Å². The molecule has 116 valence electrons. The van der Waals surface area contributed by atoms with E-state index in [1.165, 1.54) is 0 Å². The van der Waals surface area contributed by atoms with Crippen LogP contribution in [0.25, 0.3) is 0 Å². The van der Waals surface area contributed by atoms with Crippen molar-refractivity contribution in [3.05, 3.63) is 12.2 Å². The van der Waals surface area contributed by atoms with Crippen molar-refractivity contribution in [1.82, 2.24) is 5.32 Å². The van der Waals surface area contributed by atoms with E-state index in [4.69, 9.17) is 9.99 Å². The summed E-state index contributed by atoms with van der Waals surface area (Å²) >= 11 is 0. The van der Waals surface area contributed by atoms with Crippen molar-refractivity contribution in [1.29, 1.82) is 0 Å². The number of esters is 1. The van der Waals surface area contributed by atoms with Gasteiger partial charge in [0.25, 0.3) is 0 Å². The lowest BCUT2D eigenvalue weighted by molar-refractivity contribution is -0.301. The molecule has 0 bridgehead atoms. The van der Waals surface area contributed by atoms with Gasteiger partial charge < -0.3 is 10.1 Å². The third kappa shape index (κ3) is 6.68. The number of rotatable bonds is 9. The lowest BCUT2D eigenvalue weighted by atomic mass is 9.82. The molecule has 0 saturated heterocycles. The van der Waals surface area contributed by atoms with Gasteiger partial charge in [-0.1, -0.05) is 27.4 Å². The van der Waals surface area contributed by atoms with Crippen LogP contribution in [-0.2, 0) is 19.2 Å². The minimum atomic E-state index is -0.578. The summed E-state index contributed by atoms with van der Waals surface area (Å²) in [7, 11) is 0. The smallest absolute Gasteiger partial charge is 0.333 e. The highest BCUT2D eigenvalue weighted by atomic mass is 17.1. The van der Waals surface area contributed by atoms with Crippen molar-refractivity contribution in [2.75, 3.05) is 13.2 Å². The molecule has 2 N–H and O–H groups in total. The van der Waals surface area contributed by atoms with Crippen molar-refractivity contribution in [2.45, 2.75) is 46.6 Å². The molecule has 0 aliphatic heterocycles. The molecule has 0 fully saturated rings. The van der Waals surface area contributed by atoms with Crippen LogP contribution in [0, 0.1) is 5.41 Å². The highest BCUT2D eigenvalue weighted by Crippen LogP contribution is 2.28. The van der Waals surface area contributed by atoms with Gasteiger partial charge in [-0.15, -0.1) is 0 Å². The fraction of sp³-hybridized carbons (Fsp3) is 0.714. The van der Waals surface area contributed by atoms with E-state index in [1.807, 2.05) is 20.8 Å². The number of carbonyl (C=O) groups excluding carboxylic acids is 2. The number of ether oxygens (including phenoxy) is 1. The Kier molecular flexibility index (Phi) is 8.10. The number of carbonyl (C=O) groups is 2. The normalized spacial score (nSPS) is 12.7. The summed E-state index contributed by atoms with van der Waals surface area (Å²) in [6, 6.07) is 0. The zero-order valence-corrected chi connectivity index (χ0v) is 12.7. The standard InChI is InChI=1S/C14H25NO5/c1-6-14(4,5)11(20-18)9-12(16)15-7-8-19-13(17)10(2)3/h11,18H,2,6-9H2,1,3-5H3,(H,15,16). The second-order valence-electron chi connectivity index (χ2n) is 5.41. The zero-order valence-electron chi connectivity index (χ0n) is 12.7. The second-order valence-corrected chi connectivity index (χ2v) is 5.41. The summed E-state index contributed by atoms with van der Waals surface area (Å²) in [6.07, 6.45) is 0.235. The van der Waals surface area contributed by atoms with Gasteiger partial charge in [0.1, 0.15) is 12.7 Å². The first-order valence-electron chi connectivity index (χ1n) is 6.64. The van der Waals surface area contributed by atoms with E-state index < -0.39 is 12.1 Å². The fourth-order valence-corrected chi connectivity index (χ4v) is 1.38. The van der Waals surface area contributed by atoms with Gasteiger partial charge in [0.2, 0.25) is 5.91 Å². The van der Waals surface area contributed by atoms with Gasteiger partial charge in [-0.2, -0.15) is 0 Å². The summed E-state index contributed by atoms with van der Waals surface area (Å²) in [4.78, 5) is 27.2. The van der Waals surface area contributed by atoms with Crippen LogP contribution in [0.1, 0.15) is 40.5 Å². The largest absolute Gasteiger partial charge is 0.460 e. The quantitative estimate of drug-likeness (QED) is 0.222. The van der Waals surface area contributed by atoms with Crippen molar-refractivity contribution in [2.24, 2.45) is 5.41 Å². The summed E-state index contributed by atoms with van der Waals surface area (Å²) in [6.45, 7) is 11.1. The molecule has 0 aromatic carbocycles. The van der Waals surface area contributed by atoms with Crippen molar-refractivity contribution in [3.8, 4) is 0 Å². The molecule has 1 amide bonds. The summed E-state index contributed by atoms with van der Waals surface area (Å²) < 4.78 is 4.84. The zero-order chi connectivity index (χ0) is 15.8. The maximum Gasteiger partial charge on any atom is 0.333 e. The monoisotopic (exact) mass is 287 g/mol. The predicted molar refractivity (Wildman–Crippen MR) is 75.0 cm³/mol. The minimum absolute atomic E-state index is 0.0474. The summed E-state index contributed by atoms with van der Waals surface area (Å²) in [5.74, 6) is -0.750. The van der Waals surface area contributed by atoms with Gasteiger partial charge in [0.15, 0.2) is 0 Å². The molecule has 6 heteroatoms. The first-order valence-corrected chi connectivity index (χ1v) is 6.64. The molecule has 0 aliphatic rings. The molecule has 20 heavy (non-hydrogen) atoms. The topological polar surface area (TPSA) is 84.9 Å². The van der Waals surface area contributed by atoms with E-state index in [0.29, 0.717) is 5.57 Å². The van der Waals surface area contributed by atoms with E-state index in [1.54, 1.807) is 6.92 Å². The average Bonchev–Trinajstić information content (AvgIpc) is 2.40. The van der Waals surface area contributed by atoms with Crippen LogP contribution in [-0.4, -0.2) is 36.4 Å². The molecule has 0 aliphatic carbocycles. The molecule has 0 radical (unpaired) electrons. The Morgan fingerprint density at radius 3 is 2.45 bits per heavy atom. The van der Waals surface area contributed by atoms with E-state index in [0.717, 1.165) is 6.42 Å². The van der Waals surface area contributed by atoms with Crippen LogP contribution in [0.2, 0.25) is 0 Å². The van der Waals surface area contributed by atoms with Gasteiger partial charge >= 0.3 is 5.97 Å². The third-order valence-corrected chi connectivity index (χ3v) is 3.29. The third-order valence-electron chi connectivity index (χ3n) is 3.29. The van der Waals surface area contributed by atoms with Crippen LogP contribution in [0.15, 0.2) is 12.2 Å².